The highest BCUT2D eigenvalue weighted by atomic mass is 33.1. The molecule has 2 heterocycles. The van der Waals surface area contributed by atoms with Crippen LogP contribution in [0.3, 0.4) is 0 Å². The number of aryl methyl sites for hydroxylation is 2. The number of carbonyl (C=O) groups excluding carboxylic acids is 2. The van der Waals surface area contributed by atoms with Crippen LogP contribution in [-0.4, -0.2) is 50.6 Å². The van der Waals surface area contributed by atoms with Gasteiger partial charge >= 0.3 is 0 Å². The zero-order chi connectivity index (χ0) is 35.2. The van der Waals surface area contributed by atoms with Gasteiger partial charge in [-0.15, -0.1) is 0 Å². The molecule has 0 saturated heterocycles. The fraction of sp³-hybridized carbons (Fsp3) is 0.300. The molecule has 0 aliphatic heterocycles. The van der Waals surface area contributed by atoms with Crippen molar-refractivity contribution in [1.29, 1.82) is 0 Å². The monoisotopic (exact) mass is 712 g/mol. The van der Waals surface area contributed by atoms with Crippen LogP contribution in [-0.2, 0) is 22.7 Å². The number of aromatic nitrogens is 2. The summed E-state index contributed by atoms with van der Waals surface area (Å²) in [5.74, 6) is 3.51. The lowest BCUT2D eigenvalue weighted by Gasteiger charge is -2.06. The fourth-order valence-electron chi connectivity index (χ4n) is 5.04. The number of ether oxygens (including phenoxy) is 2. The number of benzene rings is 2. The molecule has 50 heavy (non-hydrogen) atoms. The molecule has 0 radical (unpaired) electrons. The van der Waals surface area contributed by atoms with Gasteiger partial charge in [0.1, 0.15) is 24.6 Å². The SMILES string of the molecule is COc1ccccc1C=Cc1cc[n+](CCCC(=O)NCCSSCCNC(=O)CCC[n+]2ccc(C=Cc3ccccc3OC)cc2)cc1. The second-order valence-electron chi connectivity index (χ2n) is 11.4. The van der Waals surface area contributed by atoms with Gasteiger partial charge in [-0.2, -0.15) is 0 Å². The highest BCUT2D eigenvalue weighted by Gasteiger charge is 2.07. The first-order valence-corrected chi connectivity index (χ1v) is 19.4. The third kappa shape index (κ3) is 14.1. The van der Waals surface area contributed by atoms with Crippen LogP contribution in [0.15, 0.2) is 97.6 Å². The molecule has 10 heteroatoms. The van der Waals surface area contributed by atoms with Gasteiger partial charge in [0.15, 0.2) is 24.8 Å². The second-order valence-corrected chi connectivity index (χ2v) is 14.1. The summed E-state index contributed by atoms with van der Waals surface area (Å²) >= 11 is 0. The lowest BCUT2D eigenvalue weighted by molar-refractivity contribution is -0.697. The highest BCUT2D eigenvalue weighted by molar-refractivity contribution is 8.76. The van der Waals surface area contributed by atoms with Gasteiger partial charge in [-0.3, -0.25) is 9.59 Å². The summed E-state index contributed by atoms with van der Waals surface area (Å²) < 4.78 is 15.0. The number of hydrogen-bond donors (Lipinski definition) is 2. The van der Waals surface area contributed by atoms with E-state index in [1.807, 2.05) is 85.5 Å². The number of nitrogens with zero attached hydrogens (tertiary/aromatic N) is 2. The first-order chi connectivity index (χ1) is 24.5. The van der Waals surface area contributed by atoms with Crippen molar-refractivity contribution in [3.05, 3.63) is 120 Å². The van der Waals surface area contributed by atoms with Crippen molar-refractivity contribution in [1.82, 2.24) is 10.6 Å². The topological polar surface area (TPSA) is 84.4 Å². The van der Waals surface area contributed by atoms with E-state index in [0.717, 1.165) is 71.2 Å². The zero-order valence-electron chi connectivity index (χ0n) is 29.0. The van der Waals surface area contributed by atoms with Crippen LogP contribution in [0.2, 0.25) is 0 Å². The van der Waals surface area contributed by atoms with Gasteiger partial charge in [-0.05, 0) is 23.3 Å². The number of amides is 2. The highest BCUT2D eigenvalue weighted by Crippen LogP contribution is 2.21. The summed E-state index contributed by atoms with van der Waals surface area (Å²) in [5.41, 5.74) is 4.28. The summed E-state index contributed by atoms with van der Waals surface area (Å²) in [4.78, 5) is 24.5. The molecule has 0 atom stereocenters. The lowest BCUT2D eigenvalue weighted by Crippen LogP contribution is -2.34. The number of para-hydroxylation sites is 2. The van der Waals surface area contributed by atoms with E-state index in [0.29, 0.717) is 25.9 Å². The fourth-order valence-corrected chi connectivity index (χ4v) is 6.86. The van der Waals surface area contributed by atoms with Crippen molar-refractivity contribution in [3.63, 3.8) is 0 Å². The molecule has 2 N–H and O–H groups in total. The minimum Gasteiger partial charge on any atom is -0.496 e. The Morgan fingerprint density at radius 1 is 0.600 bits per heavy atom. The van der Waals surface area contributed by atoms with E-state index >= 15 is 0 Å². The van der Waals surface area contributed by atoms with Crippen LogP contribution in [0, 0.1) is 0 Å². The average Bonchev–Trinajstić information content (AvgIpc) is 3.15. The molecule has 262 valence electrons. The van der Waals surface area contributed by atoms with E-state index in [1.165, 1.54) is 0 Å². The number of carbonyl (C=O) groups is 2. The van der Waals surface area contributed by atoms with E-state index < -0.39 is 0 Å². The Labute approximate surface area is 304 Å². The van der Waals surface area contributed by atoms with Crippen LogP contribution in [0.1, 0.15) is 47.9 Å². The minimum atomic E-state index is 0.0786. The second kappa shape index (κ2) is 22.2. The van der Waals surface area contributed by atoms with Gasteiger partial charge in [0.2, 0.25) is 11.8 Å². The van der Waals surface area contributed by atoms with E-state index in [9.17, 15) is 9.59 Å². The van der Waals surface area contributed by atoms with Crippen LogP contribution in [0.4, 0.5) is 0 Å². The van der Waals surface area contributed by atoms with Crippen molar-refractivity contribution < 1.29 is 28.2 Å². The quantitative estimate of drug-likeness (QED) is 0.0584. The number of nitrogens with one attached hydrogen (secondary N) is 2. The Morgan fingerprint density at radius 2 is 1.00 bits per heavy atom. The molecule has 4 aromatic rings. The molecule has 2 aromatic carbocycles. The predicted molar refractivity (Wildman–Crippen MR) is 207 cm³/mol. The zero-order valence-corrected chi connectivity index (χ0v) is 30.6. The van der Waals surface area contributed by atoms with Gasteiger partial charge < -0.3 is 20.1 Å². The maximum Gasteiger partial charge on any atom is 0.220 e. The summed E-state index contributed by atoms with van der Waals surface area (Å²) in [6.45, 7) is 2.85. The Kier molecular flexibility index (Phi) is 17.0. The predicted octanol–water partition coefficient (Wildman–Crippen LogP) is 6.49. The number of pyridine rings is 2. The first-order valence-electron chi connectivity index (χ1n) is 16.9. The third-order valence-corrected chi connectivity index (χ3v) is 10.2. The molecule has 2 amide bonds. The normalized spacial score (nSPS) is 11.2. The number of rotatable bonds is 21. The van der Waals surface area contributed by atoms with Crippen LogP contribution < -0.4 is 29.2 Å². The molecular weight excluding hydrogens is 665 g/mol. The summed E-state index contributed by atoms with van der Waals surface area (Å²) in [5, 5.41) is 6.01. The van der Waals surface area contributed by atoms with E-state index in [2.05, 4.69) is 56.2 Å². The largest absolute Gasteiger partial charge is 0.496 e. The van der Waals surface area contributed by atoms with E-state index in [4.69, 9.17) is 9.47 Å². The lowest BCUT2D eigenvalue weighted by atomic mass is 10.1. The molecule has 8 nitrogen and oxygen atoms in total. The molecule has 0 spiro atoms. The van der Waals surface area contributed by atoms with Crippen molar-refractivity contribution in [3.8, 4) is 11.5 Å². The molecule has 2 aromatic heterocycles. The molecule has 0 bridgehead atoms. The Bertz CT molecular complexity index is 1550. The molecule has 0 unspecified atom stereocenters. The average molecular weight is 713 g/mol. The van der Waals surface area contributed by atoms with Crippen molar-refractivity contribution in [2.45, 2.75) is 38.8 Å². The van der Waals surface area contributed by atoms with Crippen molar-refractivity contribution in [2.24, 2.45) is 0 Å². The molecular formula is C40H48N4O4S2+2. The van der Waals surface area contributed by atoms with Crippen LogP contribution >= 0.6 is 21.6 Å². The first kappa shape index (κ1) is 38.3. The summed E-state index contributed by atoms with van der Waals surface area (Å²) in [6, 6.07) is 24.1. The van der Waals surface area contributed by atoms with E-state index in [1.54, 1.807) is 35.8 Å². The molecule has 0 saturated carbocycles. The Balaban J connectivity index is 0.972. The molecule has 4 rings (SSSR count). The standard InChI is InChI=1S/C40H46N4O4S2/c1-47-37-11-5-3-9-35(37)17-15-33-19-27-43(28-20-33)25-7-13-39(45)41-23-31-49-50-32-24-42-40(46)14-8-26-44-29-21-34(22-30-44)16-18-36-10-4-6-12-38(36)48-2/h3-6,9-12,15-22,27-30H,7-8,13-14,23-26,31-32H2,1-2H3/p+2. The van der Waals surface area contributed by atoms with Gasteiger partial charge in [0, 0.05) is 85.7 Å². The molecule has 0 aliphatic rings. The van der Waals surface area contributed by atoms with Gasteiger partial charge in [0.25, 0.3) is 0 Å². The Hall–Kier alpha value is -4.54. The maximum absolute atomic E-state index is 12.2. The number of methoxy groups -OCH3 is 2. The number of hydrogen-bond acceptors (Lipinski definition) is 6. The molecule has 0 aliphatic carbocycles. The minimum absolute atomic E-state index is 0.0786. The van der Waals surface area contributed by atoms with Gasteiger partial charge in [-0.1, -0.05) is 82.3 Å². The van der Waals surface area contributed by atoms with Gasteiger partial charge in [-0.25, -0.2) is 9.13 Å². The van der Waals surface area contributed by atoms with Gasteiger partial charge in [0.05, 0.1) is 14.2 Å². The van der Waals surface area contributed by atoms with E-state index in [-0.39, 0.29) is 11.8 Å². The molecule has 0 fully saturated rings. The van der Waals surface area contributed by atoms with Crippen LogP contribution in [0.5, 0.6) is 11.5 Å². The Morgan fingerprint density at radius 3 is 1.40 bits per heavy atom. The summed E-state index contributed by atoms with van der Waals surface area (Å²) in [6.07, 6.45) is 18.9. The van der Waals surface area contributed by atoms with Crippen molar-refractivity contribution in [2.75, 3.05) is 38.8 Å². The van der Waals surface area contributed by atoms with Crippen molar-refractivity contribution >= 4 is 57.7 Å². The smallest absolute Gasteiger partial charge is 0.220 e. The third-order valence-electron chi connectivity index (χ3n) is 7.76. The van der Waals surface area contributed by atoms with Crippen LogP contribution in [0.25, 0.3) is 24.3 Å². The maximum atomic E-state index is 12.2. The summed E-state index contributed by atoms with van der Waals surface area (Å²) in [7, 11) is 6.78.